The van der Waals surface area contributed by atoms with Gasteiger partial charge in [0, 0.05) is 30.7 Å². The lowest BCUT2D eigenvalue weighted by Crippen LogP contribution is -2.63. The highest BCUT2D eigenvalue weighted by molar-refractivity contribution is 6.24. The van der Waals surface area contributed by atoms with Gasteiger partial charge in [-0.05, 0) is 63.5 Å². The zero-order chi connectivity index (χ0) is 31.0. The Kier molecular flexibility index (Phi) is 7.20. The van der Waals surface area contributed by atoms with Crippen LogP contribution in [-0.4, -0.2) is 99.7 Å². The van der Waals surface area contributed by atoms with E-state index in [2.05, 4.69) is 0 Å². The number of hydrogen-bond acceptors (Lipinski definition) is 10. The van der Waals surface area contributed by atoms with Crippen molar-refractivity contribution in [3.63, 3.8) is 0 Å². The Morgan fingerprint density at radius 1 is 1.19 bits per heavy atom. The van der Waals surface area contributed by atoms with E-state index >= 15 is 0 Å². The molecule has 1 aromatic carbocycles. The number of ketones is 2. The van der Waals surface area contributed by atoms with Crippen LogP contribution in [0.5, 0.6) is 5.75 Å². The standard InChI is InChI=1S/C28H32F3N3O8/c1-33(2)21-15-7-11-6-14-18(22(36)17(11)24(38)27(15,41)25(39)19(23(21)37)26(32)40)16(35)8-12(20(14)28(29,30)31)9-34(3)13-4-5-42-10-13/h8,11,13,15,21,35,37-38,41H,4-7,9-10H2,1-3H3,(H2,32,40)/t11-,13?,15-,21-,27-/m0/s1. The molecular formula is C28H32F3N3O8. The molecule has 0 aromatic heterocycles. The second-order valence-electron chi connectivity index (χ2n) is 11.7. The Morgan fingerprint density at radius 2 is 1.86 bits per heavy atom. The first-order chi connectivity index (χ1) is 19.5. The molecule has 6 N–H and O–H groups in total. The number of rotatable bonds is 5. The first-order valence-corrected chi connectivity index (χ1v) is 13.4. The van der Waals surface area contributed by atoms with Gasteiger partial charge in [-0.15, -0.1) is 0 Å². The molecule has 11 nitrogen and oxygen atoms in total. The first-order valence-electron chi connectivity index (χ1n) is 13.4. The summed E-state index contributed by atoms with van der Waals surface area (Å²) in [6.45, 7) is 0.628. The number of carbonyl (C=O) groups is 3. The van der Waals surface area contributed by atoms with Gasteiger partial charge >= 0.3 is 6.18 Å². The van der Waals surface area contributed by atoms with Gasteiger partial charge in [-0.3, -0.25) is 24.2 Å². The minimum absolute atomic E-state index is 0.133. The molecule has 0 spiro atoms. The summed E-state index contributed by atoms with van der Waals surface area (Å²) in [7, 11) is 4.57. The Balaban J connectivity index is 1.68. The maximum atomic E-state index is 14.7. The first kappa shape index (κ1) is 30.0. The monoisotopic (exact) mass is 595 g/mol. The fourth-order valence-electron chi connectivity index (χ4n) is 7.14. The van der Waals surface area contributed by atoms with Crippen LogP contribution in [0.1, 0.15) is 39.9 Å². The van der Waals surface area contributed by atoms with E-state index in [1.165, 1.54) is 19.0 Å². The third kappa shape index (κ3) is 4.31. The number of carbonyl (C=O) groups excluding carboxylic acids is 3. The number of ether oxygens (including phenoxy) is 1. The largest absolute Gasteiger partial charge is 0.510 e. The summed E-state index contributed by atoms with van der Waals surface area (Å²) in [5.41, 5.74) is -1.51. The summed E-state index contributed by atoms with van der Waals surface area (Å²) in [5.74, 6) is -9.07. The van der Waals surface area contributed by atoms with Gasteiger partial charge in [0.05, 0.1) is 23.8 Å². The van der Waals surface area contributed by atoms with E-state index in [1.807, 2.05) is 0 Å². The van der Waals surface area contributed by atoms with E-state index in [0.717, 1.165) is 6.07 Å². The van der Waals surface area contributed by atoms with E-state index in [1.54, 1.807) is 11.9 Å². The zero-order valence-corrected chi connectivity index (χ0v) is 23.2. The number of likely N-dealkylation sites (N-methyl/N-ethyl adjacent to an activating group) is 2. The third-order valence-electron chi connectivity index (χ3n) is 9.04. The number of nitrogens with two attached hydrogens (primary N) is 1. The van der Waals surface area contributed by atoms with Crippen molar-refractivity contribution in [1.82, 2.24) is 9.80 Å². The van der Waals surface area contributed by atoms with Gasteiger partial charge in [0.1, 0.15) is 22.8 Å². The average Bonchev–Trinajstić information content (AvgIpc) is 3.40. The maximum absolute atomic E-state index is 14.7. The zero-order valence-electron chi connectivity index (χ0n) is 23.2. The molecular weight excluding hydrogens is 563 g/mol. The highest BCUT2D eigenvalue weighted by Gasteiger charge is 2.63. The van der Waals surface area contributed by atoms with Gasteiger partial charge in [0.15, 0.2) is 11.4 Å². The lowest BCUT2D eigenvalue weighted by atomic mass is 9.58. The summed E-state index contributed by atoms with van der Waals surface area (Å²) in [4.78, 5) is 42.2. The molecule has 228 valence electrons. The number of Topliss-reactive ketones (excluding diaryl/α,β-unsaturated/α-hetero) is 2. The number of hydrogen-bond donors (Lipinski definition) is 5. The van der Waals surface area contributed by atoms with E-state index in [9.17, 15) is 48.0 Å². The molecule has 0 bridgehead atoms. The maximum Gasteiger partial charge on any atom is 0.417 e. The Hall–Kier alpha value is -3.46. The van der Waals surface area contributed by atoms with Crippen molar-refractivity contribution in [3.8, 4) is 5.75 Å². The molecule has 42 heavy (non-hydrogen) atoms. The minimum atomic E-state index is -4.91. The van der Waals surface area contributed by atoms with Crippen LogP contribution in [0.3, 0.4) is 0 Å². The predicted octanol–water partition coefficient (Wildman–Crippen LogP) is 1.36. The number of halogens is 3. The molecule has 0 radical (unpaired) electrons. The number of phenolic OH excluding ortho intramolecular Hbond substituents is 1. The Labute approximate surface area is 238 Å². The van der Waals surface area contributed by atoms with E-state index < -0.39 is 98.7 Å². The second kappa shape index (κ2) is 10.1. The Bertz CT molecular complexity index is 1450. The highest BCUT2D eigenvalue weighted by atomic mass is 19.4. The van der Waals surface area contributed by atoms with Gasteiger partial charge < -0.3 is 30.9 Å². The SMILES string of the molecule is CN(Cc1cc(O)c2c(c1C(F)(F)F)C[C@H]1C[C@H]3[C@H](N(C)C)C(O)=C(C(N)=O)C(=O)[C@@]3(O)C(O)=C1C2=O)C1CCOC1. The molecule has 1 aliphatic heterocycles. The van der Waals surface area contributed by atoms with Crippen LogP contribution in [0.25, 0.3) is 0 Å². The van der Waals surface area contributed by atoms with Crippen molar-refractivity contribution in [2.75, 3.05) is 34.4 Å². The average molecular weight is 596 g/mol. The minimum Gasteiger partial charge on any atom is -0.510 e. The third-order valence-corrected chi connectivity index (χ3v) is 9.04. The number of benzene rings is 1. The number of fused-ring (bicyclic) bond motifs is 3. The van der Waals surface area contributed by atoms with Crippen LogP contribution in [0.15, 0.2) is 28.7 Å². The second-order valence-corrected chi connectivity index (χ2v) is 11.7. The Morgan fingerprint density at radius 3 is 2.40 bits per heavy atom. The number of nitrogens with zero attached hydrogens (tertiary/aromatic N) is 2. The number of alkyl halides is 3. The quantitative estimate of drug-likeness (QED) is 0.313. The van der Waals surface area contributed by atoms with Crippen LogP contribution in [-0.2, 0) is 33.5 Å². The summed E-state index contributed by atoms with van der Waals surface area (Å²) >= 11 is 0. The molecule has 0 saturated carbocycles. The number of allylic oxidation sites excluding steroid dienone is 1. The highest BCUT2D eigenvalue weighted by Crippen LogP contribution is 2.54. The molecule has 5 rings (SSSR count). The molecule has 1 fully saturated rings. The van der Waals surface area contributed by atoms with Crippen molar-refractivity contribution in [2.24, 2.45) is 17.6 Å². The summed E-state index contributed by atoms with van der Waals surface area (Å²) in [6.07, 6.45) is -5.06. The number of aliphatic hydroxyl groups excluding tert-OH is 2. The van der Waals surface area contributed by atoms with Crippen molar-refractivity contribution in [3.05, 3.63) is 51.0 Å². The normalized spacial score (nSPS) is 29.7. The van der Waals surface area contributed by atoms with Gasteiger partial charge in [-0.1, -0.05) is 0 Å². The van der Waals surface area contributed by atoms with Gasteiger partial charge in [0.25, 0.3) is 5.91 Å². The van der Waals surface area contributed by atoms with Crippen molar-refractivity contribution >= 4 is 17.5 Å². The molecule has 1 aromatic rings. The van der Waals surface area contributed by atoms with Crippen LogP contribution in [0.4, 0.5) is 13.2 Å². The fourth-order valence-corrected chi connectivity index (χ4v) is 7.14. The van der Waals surface area contributed by atoms with E-state index in [0.29, 0.717) is 19.6 Å². The molecule has 1 saturated heterocycles. The molecule has 4 aliphatic rings. The number of aromatic hydroxyl groups is 1. The van der Waals surface area contributed by atoms with Gasteiger partial charge in [-0.2, -0.15) is 13.2 Å². The van der Waals surface area contributed by atoms with Crippen LogP contribution < -0.4 is 5.73 Å². The predicted molar refractivity (Wildman–Crippen MR) is 139 cm³/mol. The number of amides is 1. The number of primary amides is 1. The molecule has 5 atom stereocenters. The molecule has 1 heterocycles. The van der Waals surface area contributed by atoms with Crippen molar-refractivity contribution < 1.29 is 52.7 Å². The molecule has 1 amide bonds. The number of aliphatic hydroxyl groups is 3. The van der Waals surface area contributed by atoms with Crippen molar-refractivity contribution in [1.29, 1.82) is 0 Å². The van der Waals surface area contributed by atoms with Gasteiger partial charge in [0.2, 0.25) is 5.78 Å². The lowest BCUT2D eigenvalue weighted by molar-refractivity contribution is -0.148. The summed E-state index contributed by atoms with van der Waals surface area (Å²) < 4.78 is 49.4. The molecule has 1 unspecified atom stereocenters. The smallest absolute Gasteiger partial charge is 0.417 e. The summed E-state index contributed by atoms with van der Waals surface area (Å²) in [6, 6.07) is -0.505. The topological polar surface area (TPSA) is 174 Å². The molecule has 14 heteroatoms. The number of phenols is 1. The van der Waals surface area contributed by atoms with Crippen LogP contribution >= 0.6 is 0 Å². The van der Waals surface area contributed by atoms with Crippen LogP contribution in [0.2, 0.25) is 0 Å². The molecule has 3 aliphatic carbocycles. The fraction of sp³-hybridized carbons (Fsp3) is 0.536. The van der Waals surface area contributed by atoms with Crippen molar-refractivity contribution in [2.45, 2.75) is 49.7 Å². The van der Waals surface area contributed by atoms with E-state index in [4.69, 9.17) is 10.5 Å². The van der Waals surface area contributed by atoms with Gasteiger partial charge in [-0.25, -0.2) is 0 Å². The van der Waals surface area contributed by atoms with Crippen LogP contribution in [0, 0.1) is 11.8 Å². The lowest BCUT2D eigenvalue weighted by Gasteiger charge is -2.50. The van der Waals surface area contributed by atoms with E-state index in [-0.39, 0.29) is 24.6 Å². The summed E-state index contributed by atoms with van der Waals surface area (Å²) in [5, 5.41) is 44.7.